The van der Waals surface area contributed by atoms with Crippen molar-refractivity contribution in [3.63, 3.8) is 0 Å². The van der Waals surface area contributed by atoms with Crippen molar-refractivity contribution in [1.29, 1.82) is 0 Å². The van der Waals surface area contributed by atoms with Gasteiger partial charge >= 0.3 is 0 Å². The monoisotopic (exact) mass is 273 g/mol. The van der Waals surface area contributed by atoms with Crippen LogP contribution in [0.5, 0.6) is 5.75 Å². The van der Waals surface area contributed by atoms with E-state index in [1.807, 2.05) is 18.2 Å². The van der Waals surface area contributed by atoms with Crippen LogP contribution in [0.25, 0.3) is 0 Å². The van der Waals surface area contributed by atoms with E-state index in [1.54, 1.807) is 31.2 Å². The summed E-state index contributed by atoms with van der Waals surface area (Å²) in [4.78, 5) is 11.9. The predicted molar refractivity (Wildman–Crippen MR) is 74.8 cm³/mol. The number of amides is 1. The molecule has 0 aliphatic heterocycles. The molecule has 0 heterocycles. The second-order valence-electron chi connectivity index (χ2n) is 4.42. The lowest BCUT2D eigenvalue weighted by molar-refractivity contribution is -0.127. The van der Waals surface area contributed by atoms with Gasteiger partial charge in [-0.05, 0) is 36.8 Å². The summed E-state index contributed by atoms with van der Waals surface area (Å²) in [6.45, 7) is 1.95. The first-order valence-electron chi connectivity index (χ1n) is 6.39. The highest BCUT2D eigenvalue weighted by molar-refractivity contribution is 5.80. The minimum atomic E-state index is -0.606. The lowest BCUT2D eigenvalue weighted by Gasteiger charge is -2.14. The molecule has 0 fully saturated rings. The van der Waals surface area contributed by atoms with Gasteiger partial charge in [-0.15, -0.1) is 0 Å². The van der Waals surface area contributed by atoms with Crippen LogP contribution in [0, 0.1) is 5.82 Å². The highest BCUT2D eigenvalue weighted by Gasteiger charge is 2.13. The molecule has 0 unspecified atom stereocenters. The van der Waals surface area contributed by atoms with Crippen LogP contribution in [-0.4, -0.2) is 12.0 Å². The van der Waals surface area contributed by atoms with E-state index in [-0.39, 0.29) is 18.3 Å². The normalized spacial score (nSPS) is 11.7. The Morgan fingerprint density at radius 1 is 1.20 bits per heavy atom. The lowest BCUT2D eigenvalue weighted by atomic mass is 10.2. The average Bonchev–Trinajstić information content (AvgIpc) is 2.46. The molecule has 20 heavy (non-hydrogen) atoms. The largest absolute Gasteiger partial charge is 0.481 e. The topological polar surface area (TPSA) is 38.3 Å². The molecular formula is C16H16FNO2. The van der Waals surface area contributed by atoms with Crippen molar-refractivity contribution >= 4 is 5.91 Å². The molecule has 0 spiro atoms. The third-order valence-electron chi connectivity index (χ3n) is 2.78. The fourth-order valence-electron chi connectivity index (χ4n) is 1.74. The fourth-order valence-corrected chi connectivity index (χ4v) is 1.74. The van der Waals surface area contributed by atoms with E-state index in [0.29, 0.717) is 11.3 Å². The molecule has 0 radical (unpaired) electrons. The summed E-state index contributed by atoms with van der Waals surface area (Å²) in [6.07, 6.45) is -0.606. The van der Waals surface area contributed by atoms with Crippen LogP contribution in [0.1, 0.15) is 12.5 Å². The molecule has 0 aliphatic rings. The maximum atomic E-state index is 13.0. The number of hydrogen-bond acceptors (Lipinski definition) is 2. The van der Waals surface area contributed by atoms with Crippen molar-refractivity contribution in [2.24, 2.45) is 0 Å². The van der Waals surface area contributed by atoms with Gasteiger partial charge in [-0.1, -0.05) is 30.3 Å². The molecular weight excluding hydrogens is 257 g/mol. The number of hydrogen-bond donors (Lipinski definition) is 1. The summed E-state index contributed by atoms with van der Waals surface area (Å²) < 4.78 is 18.5. The summed E-state index contributed by atoms with van der Waals surface area (Å²) in [6, 6.07) is 15.3. The molecule has 3 nitrogen and oxygen atoms in total. The molecule has 4 heteroatoms. The second-order valence-corrected chi connectivity index (χ2v) is 4.42. The number of rotatable bonds is 5. The first-order chi connectivity index (χ1) is 9.65. The number of carbonyl (C=O) groups is 1. The summed E-state index contributed by atoms with van der Waals surface area (Å²) >= 11 is 0. The van der Waals surface area contributed by atoms with Crippen molar-refractivity contribution in [2.75, 3.05) is 0 Å². The molecule has 0 aromatic heterocycles. The van der Waals surface area contributed by atoms with Gasteiger partial charge < -0.3 is 10.1 Å². The third-order valence-corrected chi connectivity index (χ3v) is 2.78. The summed E-state index contributed by atoms with van der Waals surface area (Å²) in [5, 5.41) is 2.72. The molecule has 2 aromatic carbocycles. The molecule has 1 N–H and O–H groups in total. The first kappa shape index (κ1) is 14.1. The lowest BCUT2D eigenvalue weighted by Crippen LogP contribution is -2.35. The number of ether oxygens (including phenoxy) is 1. The number of halogens is 1. The molecule has 0 bridgehead atoms. The number of nitrogens with one attached hydrogen (secondary N) is 1. The number of carbonyl (C=O) groups excluding carboxylic acids is 1. The summed E-state index contributed by atoms with van der Waals surface area (Å²) in [5.41, 5.74) is 0.713. The standard InChI is InChI=1S/C16H16FNO2/c1-12(20-15-8-3-2-4-9-15)16(19)18-11-13-6-5-7-14(17)10-13/h2-10,12H,11H2,1H3,(H,18,19)/t12-/m0/s1. The van der Waals surface area contributed by atoms with Gasteiger partial charge in [0.05, 0.1) is 0 Å². The van der Waals surface area contributed by atoms with Crippen molar-refractivity contribution < 1.29 is 13.9 Å². The van der Waals surface area contributed by atoms with E-state index >= 15 is 0 Å². The molecule has 0 saturated heterocycles. The van der Waals surface area contributed by atoms with Crippen molar-refractivity contribution in [1.82, 2.24) is 5.32 Å². The van der Waals surface area contributed by atoms with Gasteiger partial charge in [-0.25, -0.2) is 4.39 Å². The maximum Gasteiger partial charge on any atom is 0.261 e. The van der Waals surface area contributed by atoms with Crippen molar-refractivity contribution in [3.8, 4) is 5.75 Å². The van der Waals surface area contributed by atoms with Crippen LogP contribution in [0.4, 0.5) is 4.39 Å². The van der Waals surface area contributed by atoms with E-state index in [1.165, 1.54) is 12.1 Å². The van der Waals surface area contributed by atoms with Gasteiger partial charge in [0.15, 0.2) is 6.10 Å². The Kier molecular flexibility index (Phi) is 4.71. The summed E-state index contributed by atoms with van der Waals surface area (Å²) in [7, 11) is 0. The van der Waals surface area contributed by atoms with E-state index in [0.717, 1.165) is 0 Å². The molecule has 1 amide bonds. The Hall–Kier alpha value is -2.36. The SMILES string of the molecule is C[C@H](Oc1ccccc1)C(=O)NCc1cccc(F)c1. The third kappa shape index (κ3) is 4.09. The molecule has 2 aromatic rings. The van der Waals surface area contributed by atoms with Crippen LogP contribution < -0.4 is 10.1 Å². The smallest absolute Gasteiger partial charge is 0.261 e. The molecule has 1 atom stereocenters. The number of para-hydroxylation sites is 1. The summed E-state index contributed by atoms with van der Waals surface area (Å²) in [5.74, 6) is 0.0874. The average molecular weight is 273 g/mol. The highest BCUT2D eigenvalue weighted by Crippen LogP contribution is 2.11. The maximum absolute atomic E-state index is 13.0. The quantitative estimate of drug-likeness (QED) is 0.909. The van der Waals surface area contributed by atoms with Crippen molar-refractivity contribution in [2.45, 2.75) is 19.6 Å². The van der Waals surface area contributed by atoms with E-state index in [9.17, 15) is 9.18 Å². The zero-order chi connectivity index (χ0) is 14.4. The Bertz CT molecular complexity index is 572. The fraction of sp³-hybridized carbons (Fsp3) is 0.188. The highest BCUT2D eigenvalue weighted by atomic mass is 19.1. The molecule has 0 saturated carbocycles. The minimum absolute atomic E-state index is 0.238. The van der Waals surface area contributed by atoms with Gasteiger partial charge in [-0.3, -0.25) is 4.79 Å². The van der Waals surface area contributed by atoms with E-state index in [4.69, 9.17) is 4.74 Å². The van der Waals surface area contributed by atoms with Gasteiger partial charge in [0.1, 0.15) is 11.6 Å². The Morgan fingerprint density at radius 2 is 1.95 bits per heavy atom. The number of benzene rings is 2. The second kappa shape index (κ2) is 6.70. The molecule has 104 valence electrons. The van der Waals surface area contributed by atoms with Crippen molar-refractivity contribution in [3.05, 3.63) is 66.0 Å². The van der Waals surface area contributed by atoms with E-state index in [2.05, 4.69) is 5.32 Å². The van der Waals surface area contributed by atoms with Gasteiger partial charge in [0.25, 0.3) is 5.91 Å². The van der Waals surface area contributed by atoms with Crippen LogP contribution in [-0.2, 0) is 11.3 Å². The minimum Gasteiger partial charge on any atom is -0.481 e. The zero-order valence-electron chi connectivity index (χ0n) is 11.2. The van der Waals surface area contributed by atoms with E-state index < -0.39 is 6.10 Å². The van der Waals surface area contributed by atoms with Crippen LogP contribution >= 0.6 is 0 Å². The Morgan fingerprint density at radius 3 is 2.65 bits per heavy atom. The Balaban J connectivity index is 1.85. The van der Waals surface area contributed by atoms with Crippen LogP contribution in [0.3, 0.4) is 0 Å². The molecule has 2 rings (SSSR count). The van der Waals surface area contributed by atoms with Crippen LogP contribution in [0.15, 0.2) is 54.6 Å². The predicted octanol–water partition coefficient (Wildman–Crippen LogP) is 2.91. The Labute approximate surface area is 117 Å². The van der Waals surface area contributed by atoms with Crippen LogP contribution in [0.2, 0.25) is 0 Å². The molecule has 0 aliphatic carbocycles. The van der Waals surface area contributed by atoms with Gasteiger partial charge in [-0.2, -0.15) is 0 Å². The first-order valence-corrected chi connectivity index (χ1v) is 6.39. The van der Waals surface area contributed by atoms with Gasteiger partial charge in [0.2, 0.25) is 0 Å². The zero-order valence-corrected chi connectivity index (χ0v) is 11.2. The van der Waals surface area contributed by atoms with Gasteiger partial charge in [0, 0.05) is 6.54 Å².